The van der Waals surface area contributed by atoms with Gasteiger partial charge in [0.2, 0.25) is 5.91 Å². The summed E-state index contributed by atoms with van der Waals surface area (Å²) >= 11 is 0. The van der Waals surface area contributed by atoms with Gasteiger partial charge in [0.15, 0.2) is 0 Å². The third-order valence-electron chi connectivity index (χ3n) is 3.30. The van der Waals surface area contributed by atoms with Gasteiger partial charge in [0.05, 0.1) is 18.6 Å². The summed E-state index contributed by atoms with van der Waals surface area (Å²) in [7, 11) is 0. The van der Waals surface area contributed by atoms with Gasteiger partial charge in [-0.3, -0.25) is 9.59 Å². The number of nitrogens with one attached hydrogen (secondary N) is 1. The van der Waals surface area contributed by atoms with E-state index in [0.29, 0.717) is 12.0 Å². The highest BCUT2D eigenvalue weighted by Crippen LogP contribution is 2.25. The maximum atomic E-state index is 12.2. The highest BCUT2D eigenvalue weighted by atomic mass is 19.4. The molecule has 0 fully saturated rings. The Morgan fingerprint density at radius 1 is 1.24 bits per heavy atom. The van der Waals surface area contributed by atoms with Gasteiger partial charge < -0.3 is 19.9 Å². The van der Waals surface area contributed by atoms with Gasteiger partial charge in [0.25, 0.3) is 0 Å². The maximum absolute atomic E-state index is 12.2. The van der Waals surface area contributed by atoms with Crippen molar-refractivity contribution >= 4 is 11.9 Å². The van der Waals surface area contributed by atoms with Crippen LogP contribution in [0.3, 0.4) is 0 Å². The number of alkyl halides is 3. The summed E-state index contributed by atoms with van der Waals surface area (Å²) in [5.74, 6) is -2.11. The second-order valence-electron chi connectivity index (χ2n) is 5.36. The number of rotatable bonds is 9. The van der Waals surface area contributed by atoms with Gasteiger partial charge in [-0.05, 0) is 31.0 Å². The molecule has 0 aromatic heterocycles. The monoisotopic (exact) mass is 363 g/mol. The molecular formula is C16H20F3NO5. The molecule has 2 atom stereocenters. The summed E-state index contributed by atoms with van der Waals surface area (Å²) < 4.78 is 45.5. The first-order valence-corrected chi connectivity index (χ1v) is 7.59. The standard InChI is InChI=1S/C16H20F3NO5/c1-3-10(2)24-9-14(21)20-13(8-15(22)23)11-4-6-12(7-5-11)25-16(17,18)19/h4-7,10,13H,3,8-9H2,1-2H3,(H,20,21)(H,22,23). The van der Waals surface area contributed by atoms with Gasteiger partial charge >= 0.3 is 12.3 Å². The molecule has 9 heteroatoms. The number of benzene rings is 1. The fourth-order valence-electron chi connectivity index (χ4n) is 1.90. The summed E-state index contributed by atoms with van der Waals surface area (Å²) in [6.07, 6.45) is -4.65. The number of aliphatic carboxylic acids is 1. The first kappa shape index (κ1) is 20.8. The molecule has 0 aliphatic heterocycles. The van der Waals surface area contributed by atoms with Crippen molar-refractivity contribution in [3.63, 3.8) is 0 Å². The van der Waals surface area contributed by atoms with Crippen molar-refractivity contribution in [2.45, 2.75) is 45.2 Å². The lowest BCUT2D eigenvalue weighted by molar-refractivity contribution is -0.274. The SMILES string of the molecule is CCC(C)OCC(=O)NC(CC(=O)O)c1ccc(OC(F)(F)F)cc1. The molecule has 25 heavy (non-hydrogen) atoms. The molecule has 140 valence electrons. The zero-order valence-electron chi connectivity index (χ0n) is 13.8. The fourth-order valence-corrected chi connectivity index (χ4v) is 1.90. The Kier molecular flexibility index (Phi) is 7.69. The van der Waals surface area contributed by atoms with Crippen molar-refractivity contribution in [3.05, 3.63) is 29.8 Å². The number of carboxylic acid groups (broad SMARTS) is 1. The van der Waals surface area contributed by atoms with Crippen molar-refractivity contribution < 1.29 is 37.3 Å². The predicted octanol–water partition coefficient (Wildman–Crippen LogP) is 3.03. The molecule has 0 bridgehead atoms. The Balaban J connectivity index is 2.77. The van der Waals surface area contributed by atoms with E-state index in [9.17, 15) is 22.8 Å². The lowest BCUT2D eigenvalue weighted by Crippen LogP contribution is -2.33. The minimum Gasteiger partial charge on any atom is -0.481 e. The van der Waals surface area contributed by atoms with Gasteiger partial charge in [-0.15, -0.1) is 13.2 Å². The molecular weight excluding hydrogens is 343 g/mol. The van der Waals surface area contributed by atoms with Crippen molar-refractivity contribution in [2.75, 3.05) is 6.61 Å². The molecule has 1 aromatic rings. The molecule has 0 heterocycles. The minimum atomic E-state index is -4.82. The van der Waals surface area contributed by atoms with E-state index >= 15 is 0 Å². The Labute approximate surface area is 142 Å². The van der Waals surface area contributed by atoms with E-state index < -0.39 is 36.5 Å². The largest absolute Gasteiger partial charge is 0.573 e. The van der Waals surface area contributed by atoms with Gasteiger partial charge in [-0.25, -0.2) is 0 Å². The Bertz CT molecular complexity index is 574. The van der Waals surface area contributed by atoms with Crippen LogP contribution in [0.15, 0.2) is 24.3 Å². The molecule has 1 rings (SSSR count). The molecule has 6 nitrogen and oxygen atoms in total. The normalized spacial score (nSPS) is 13.8. The zero-order chi connectivity index (χ0) is 19.0. The van der Waals surface area contributed by atoms with Crippen LogP contribution in [0.25, 0.3) is 0 Å². The van der Waals surface area contributed by atoms with Crippen LogP contribution in [0.5, 0.6) is 5.75 Å². The number of hydrogen-bond donors (Lipinski definition) is 2. The summed E-state index contributed by atoms with van der Waals surface area (Å²) in [5, 5.41) is 11.5. The van der Waals surface area contributed by atoms with E-state index in [1.807, 2.05) is 6.92 Å². The number of carboxylic acids is 1. The number of amides is 1. The molecule has 2 N–H and O–H groups in total. The van der Waals surface area contributed by atoms with Crippen molar-refractivity contribution in [3.8, 4) is 5.75 Å². The molecule has 0 radical (unpaired) electrons. The van der Waals surface area contributed by atoms with Gasteiger partial charge in [0.1, 0.15) is 12.4 Å². The second-order valence-corrected chi connectivity index (χ2v) is 5.36. The van der Waals surface area contributed by atoms with Crippen LogP contribution in [0.4, 0.5) is 13.2 Å². The average Bonchev–Trinajstić information content (AvgIpc) is 2.50. The summed E-state index contributed by atoms with van der Waals surface area (Å²) in [6, 6.07) is 3.75. The van der Waals surface area contributed by atoms with Crippen molar-refractivity contribution in [1.82, 2.24) is 5.32 Å². The highest BCUT2D eigenvalue weighted by molar-refractivity contribution is 5.78. The summed E-state index contributed by atoms with van der Waals surface area (Å²) in [5.41, 5.74) is 0.341. The summed E-state index contributed by atoms with van der Waals surface area (Å²) in [6.45, 7) is 3.45. The smallest absolute Gasteiger partial charge is 0.481 e. The molecule has 1 amide bonds. The second kappa shape index (κ2) is 9.26. The number of halogens is 3. The van der Waals surface area contributed by atoms with Crippen LogP contribution in [0, 0.1) is 0 Å². The first-order valence-electron chi connectivity index (χ1n) is 7.59. The predicted molar refractivity (Wildman–Crippen MR) is 82.0 cm³/mol. The lowest BCUT2D eigenvalue weighted by Gasteiger charge is -2.19. The van der Waals surface area contributed by atoms with E-state index in [-0.39, 0.29) is 12.7 Å². The molecule has 0 saturated heterocycles. The van der Waals surface area contributed by atoms with Crippen LogP contribution in [-0.2, 0) is 14.3 Å². The molecule has 0 spiro atoms. The fraction of sp³-hybridized carbons (Fsp3) is 0.500. The molecule has 2 unspecified atom stereocenters. The highest BCUT2D eigenvalue weighted by Gasteiger charge is 2.31. The number of carbonyl (C=O) groups is 2. The zero-order valence-corrected chi connectivity index (χ0v) is 13.8. The average molecular weight is 363 g/mol. The van der Waals surface area contributed by atoms with Gasteiger partial charge in [0, 0.05) is 0 Å². The van der Waals surface area contributed by atoms with Crippen LogP contribution in [0.2, 0.25) is 0 Å². The van der Waals surface area contributed by atoms with E-state index in [0.717, 1.165) is 12.1 Å². The number of ether oxygens (including phenoxy) is 2. The lowest BCUT2D eigenvalue weighted by atomic mass is 10.0. The van der Waals surface area contributed by atoms with Crippen LogP contribution in [-0.4, -0.2) is 36.1 Å². The van der Waals surface area contributed by atoms with Gasteiger partial charge in [-0.2, -0.15) is 0 Å². The van der Waals surface area contributed by atoms with E-state index in [4.69, 9.17) is 9.84 Å². The van der Waals surface area contributed by atoms with Crippen LogP contribution >= 0.6 is 0 Å². The van der Waals surface area contributed by atoms with Crippen LogP contribution in [0.1, 0.15) is 38.3 Å². The minimum absolute atomic E-state index is 0.123. The van der Waals surface area contributed by atoms with Crippen LogP contribution < -0.4 is 10.1 Å². The van der Waals surface area contributed by atoms with Crippen molar-refractivity contribution in [2.24, 2.45) is 0 Å². The number of hydrogen-bond acceptors (Lipinski definition) is 4. The quantitative estimate of drug-likeness (QED) is 0.704. The summed E-state index contributed by atoms with van der Waals surface area (Å²) in [4.78, 5) is 22.9. The molecule has 1 aromatic carbocycles. The van der Waals surface area contributed by atoms with Crippen molar-refractivity contribution in [1.29, 1.82) is 0 Å². The molecule has 0 aliphatic carbocycles. The third-order valence-corrected chi connectivity index (χ3v) is 3.30. The molecule has 0 aliphatic rings. The topological polar surface area (TPSA) is 84.9 Å². The Hall–Kier alpha value is -2.29. The van der Waals surface area contributed by atoms with Gasteiger partial charge in [-0.1, -0.05) is 19.1 Å². The van der Waals surface area contributed by atoms with E-state index in [1.165, 1.54) is 12.1 Å². The number of carbonyl (C=O) groups excluding carboxylic acids is 1. The maximum Gasteiger partial charge on any atom is 0.573 e. The first-order chi connectivity index (χ1) is 11.6. The van der Waals surface area contributed by atoms with E-state index in [1.54, 1.807) is 6.92 Å². The Morgan fingerprint density at radius 2 is 1.84 bits per heavy atom. The molecule has 0 saturated carbocycles. The third kappa shape index (κ3) is 8.39. The van der Waals surface area contributed by atoms with E-state index in [2.05, 4.69) is 10.1 Å². The Morgan fingerprint density at radius 3 is 2.32 bits per heavy atom.